The van der Waals surface area contributed by atoms with Gasteiger partial charge in [0.25, 0.3) is 5.56 Å². The van der Waals surface area contributed by atoms with Crippen LogP contribution in [-0.4, -0.2) is 40.4 Å². The summed E-state index contributed by atoms with van der Waals surface area (Å²) in [5, 5.41) is 3.95. The molecule has 3 rings (SSSR count). The van der Waals surface area contributed by atoms with Crippen molar-refractivity contribution in [1.82, 2.24) is 20.2 Å². The number of carbonyl (C=O) groups excluding carboxylic acids is 1. The Labute approximate surface area is 154 Å². The highest BCUT2D eigenvalue weighted by atomic mass is 16.2. The summed E-state index contributed by atoms with van der Waals surface area (Å²) in [6, 6.07) is 7.27. The van der Waals surface area contributed by atoms with Gasteiger partial charge in [-0.25, -0.2) is 4.98 Å². The highest BCUT2D eigenvalue weighted by Gasteiger charge is 2.24. The van der Waals surface area contributed by atoms with E-state index in [4.69, 9.17) is 0 Å². The maximum Gasteiger partial charge on any atom is 0.258 e. The standard InChI is InChI=1S/C20H28N4O2/c1-3-24(19(25)12-14(2)15-8-10-21-11-9-15)13-18-22-17-7-5-4-6-16(17)20(26)23-18/h4-7,14-15,21H,3,8-13H2,1-2H3,(H,22,23,26). The first-order chi connectivity index (χ1) is 12.6. The average molecular weight is 356 g/mol. The normalized spacial score (nSPS) is 16.5. The molecule has 0 aliphatic carbocycles. The fourth-order valence-electron chi connectivity index (χ4n) is 3.75. The van der Waals surface area contributed by atoms with E-state index in [2.05, 4.69) is 22.2 Å². The molecule has 2 aromatic rings. The molecule has 140 valence electrons. The lowest BCUT2D eigenvalue weighted by Crippen LogP contribution is -2.36. The largest absolute Gasteiger partial charge is 0.335 e. The van der Waals surface area contributed by atoms with Crippen molar-refractivity contribution in [2.45, 2.75) is 39.7 Å². The van der Waals surface area contributed by atoms with Gasteiger partial charge in [-0.1, -0.05) is 19.1 Å². The molecule has 2 heterocycles. The second kappa shape index (κ2) is 8.45. The quantitative estimate of drug-likeness (QED) is 0.832. The minimum atomic E-state index is -0.155. The Morgan fingerprint density at radius 2 is 2.04 bits per heavy atom. The van der Waals surface area contributed by atoms with Crippen LogP contribution in [0.4, 0.5) is 0 Å². The van der Waals surface area contributed by atoms with Gasteiger partial charge in [0.05, 0.1) is 17.4 Å². The Kier molecular flexibility index (Phi) is 6.04. The van der Waals surface area contributed by atoms with Crippen molar-refractivity contribution >= 4 is 16.8 Å². The van der Waals surface area contributed by atoms with E-state index in [1.165, 1.54) is 0 Å². The van der Waals surface area contributed by atoms with E-state index >= 15 is 0 Å². The molecule has 1 fully saturated rings. The SMILES string of the molecule is CCN(Cc1nc2ccccc2c(=O)[nH]1)C(=O)CC(C)C1CCNCC1. The Hall–Kier alpha value is -2.21. The summed E-state index contributed by atoms with van der Waals surface area (Å²) in [6.45, 7) is 7.18. The molecule has 6 heteroatoms. The van der Waals surface area contributed by atoms with Crippen molar-refractivity contribution < 1.29 is 4.79 Å². The number of benzene rings is 1. The summed E-state index contributed by atoms with van der Waals surface area (Å²) < 4.78 is 0. The number of carbonyl (C=O) groups is 1. The molecule has 2 N–H and O–H groups in total. The minimum Gasteiger partial charge on any atom is -0.335 e. The third kappa shape index (κ3) is 4.30. The molecule has 0 radical (unpaired) electrons. The van der Waals surface area contributed by atoms with E-state index in [-0.39, 0.29) is 11.5 Å². The van der Waals surface area contributed by atoms with Crippen LogP contribution < -0.4 is 10.9 Å². The van der Waals surface area contributed by atoms with Gasteiger partial charge in [-0.05, 0) is 56.8 Å². The zero-order valence-corrected chi connectivity index (χ0v) is 15.6. The van der Waals surface area contributed by atoms with E-state index in [0.717, 1.165) is 25.9 Å². The van der Waals surface area contributed by atoms with Crippen molar-refractivity contribution in [3.63, 3.8) is 0 Å². The highest BCUT2D eigenvalue weighted by molar-refractivity contribution is 5.78. The summed E-state index contributed by atoms with van der Waals surface area (Å²) in [5.41, 5.74) is 0.509. The number of aromatic nitrogens is 2. The number of para-hydroxylation sites is 1. The average Bonchev–Trinajstić information content (AvgIpc) is 2.66. The molecule has 1 atom stereocenters. The van der Waals surface area contributed by atoms with Gasteiger partial charge in [-0.3, -0.25) is 9.59 Å². The van der Waals surface area contributed by atoms with E-state index in [0.29, 0.717) is 48.1 Å². The number of H-pyrrole nitrogens is 1. The van der Waals surface area contributed by atoms with E-state index in [9.17, 15) is 9.59 Å². The van der Waals surface area contributed by atoms with Crippen molar-refractivity contribution in [2.75, 3.05) is 19.6 Å². The highest BCUT2D eigenvalue weighted by Crippen LogP contribution is 2.25. The summed E-state index contributed by atoms with van der Waals surface area (Å²) in [7, 11) is 0. The number of nitrogens with one attached hydrogen (secondary N) is 2. The lowest BCUT2D eigenvalue weighted by atomic mass is 9.84. The van der Waals surface area contributed by atoms with E-state index < -0.39 is 0 Å². The summed E-state index contributed by atoms with van der Waals surface area (Å²) in [6.07, 6.45) is 2.83. The van der Waals surface area contributed by atoms with E-state index in [1.54, 1.807) is 11.0 Å². The van der Waals surface area contributed by atoms with Crippen LogP contribution in [0.3, 0.4) is 0 Å². The molecular formula is C20H28N4O2. The first kappa shape index (κ1) is 18.6. The van der Waals surface area contributed by atoms with Gasteiger partial charge in [0.2, 0.25) is 5.91 Å². The van der Waals surface area contributed by atoms with Crippen molar-refractivity contribution in [1.29, 1.82) is 0 Å². The first-order valence-electron chi connectivity index (χ1n) is 9.55. The molecule has 6 nitrogen and oxygen atoms in total. The maximum absolute atomic E-state index is 12.8. The molecule has 1 amide bonds. The van der Waals surface area contributed by atoms with Gasteiger partial charge in [0.1, 0.15) is 5.82 Å². The Morgan fingerprint density at radius 3 is 2.77 bits per heavy atom. The molecule has 0 spiro atoms. The second-order valence-corrected chi connectivity index (χ2v) is 7.21. The van der Waals surface area contributed by atoms with Crippen molar-refractivity contribution in [3.05, 3.63) is 40.4 Å². The minimum absolute atomic E-state index is 0.134. The van der Waals surface area contributed by atoms with Crippen molar-refractivity contribution in [2.24, 2.45) is 11.8 Å². The van der Waals surface area contributed by atoms with Gasteiger partial charge >= 0.3 is 0 Å². The van der Waals surface area contributed by atoms with Gasteiger partial charge < -0.3 is 15.2 Å². The van der Waals surface area contributed by atoms with Crippen LogP contribution in [0.5, 0.6) is 0 Å². The second-order valence-electron chi connectivity index (χ2n) is 7.21. The number of fused-ring (bicyclic) bond motifs is 1. The summed E-state index contributed by atoms with van der Waals surface area (Å²) in [5.74, 6) is 1.66. The lowest BCUT2D eigenvalue weighted by Gasteiger charge is -2.29. The number of hydrogen-bond acceptors (Lipinski definition) is 4. The van der Waals surface area contributed by atoms with Crippen LogP contribution in [0.2, 0.25) is 0 Å². The molecule has 0 bridgehead atoms. The molecule has 0 saturated carbocycles. The van der Waals surface area contributed by atoms with Crippen molar-refractivity contribution in [3.8, 4) is 0 Å². The third-order valence-electron chi connectivity index (χ3n) is 5.42. The molecule has 1 aliphatic heterocycles. The van der Waals surface area contributed by atoms with Crippen LogP contribution >= 0.6 is 0 Å². The first-order valence-corrected chi connectivity index (χ1v) is 9.55. The smallest absolute Gasteiger partial charge is 0.258 e. The molecular weight excluding hydrogens is 328 g/mol. The third-order valence-corrected chi connectivity index (χ3v) is 5.42. The molecule has 1 unspecified atom stereocenters. The molecule has 1 aliphatic rings. The molecule has 1 aromatic carbocycles. The number of hydrogen-bond donors (Lipinski definition) is 2. The Morgan fingerprint density at radius 1 is 1.31 bits per heavy atom. The van der Waals surface area contributed by atoms with Crippen LogP contribution in [0, 0.1) is 11.8 Å². The zero-order chi connectivity index (χ0) is 18.5. The number of piperidine rings is 1. The van der Waals surface area contributed by atoms with Gasteiger partial charge in [-0.2, -0.15) is 0 Å². The fraction of sp³-hybridized carbons (Fsp3) is 0.550. The fourth-order valence-corrected chi connectivity index (χ4v) is 3.75. The maximum atomic E-state index is 12.8. The van der Waals surface area contributed by atoms with Crippen LogP contribution in [0.15, 0.2) is 29.1 Å². The summed E-state index contributed by atoms with van der Waals surface area (Å²) >= 11 is 0. The number of aromatic amines is 1. The van der Waals surface area contributed by atoms with Crippen LogP contribution in [0.1, 0.15) is 38.9 Å². The predicted molar refractivity (Wildman–Crippen MR) is 103 cm³/mol. The van der Waals surface area contributed by atoms with Crippen LogP contribution in [-0.2, 0) is 11.3 Å². The zero-order valence-electron chi connectivity index (χ0n) is 15.6. The Bertz CT molecular complexity index is 811. The lowest BCUT2D eigenvalue weighted by molar-refractivity contribution is -0.133. The molecule has 1 aromatic heterocycles. The molecule has 26 heavy (non-hydrogen) atoms. The van der Waals surface area contributed by atoms with Gasteiger partial charge in [0.15, 0.2) is 0 Å². The van der Waals surface area contributed by atoms with Crippen LogP contribution in [0.25, 0.3) is 10.9 Å². The molecule has 1 saturated heterocycles. The Balaban J connectivity index is 1.68. The monoisotopic (exact) mass is 356 g/mol. The van der Waals surface area contributed by atoms with Gasteiger partial charge in [0, 0.05) is 13.0 Å². The summed E-state index contributed by atoms with van der Waals surface area (Å²) in [4.78, 5) is 34.1. The number of amides is 1. The van der Waals surface area contributed by atoms with E-state index in [1.807, 2.05) is 25.1 Å². The number of rotatable bonds is 6. The van der Waals surface area contributed by atoms with Gasteiger partial charge in [-0.15, -0.1) is 0 Å². The number of nitrogens with zero attached hydrogens (tertiary/aromatic N) is 2. The predicted octanol–water partition coefficient (Wildman–Crippen LogP) is 2.30. The topological polar surface area (TPSA) is 78.1 Å².